The summed E-state index contributed by atoms with van der Waals surface area (Å²) in [5.74, 6) is 1.45. The van der Waals surface area contributed by atoms with Crippen molar-refractivity contribution in [2.24, 2.45) is 11.7 Å². The number of aryl methyl sites for hydroxylation is 1. The molecular weight excluding hydrogens is 266 g/mol. The second kappa shape index (κ2) is 7.78. The highest BCUT2D eigenvalue weighted by atomic mass is 16.5. The zero-order valence-electron chi connectivity index (χ0n) is 13.3. The first-order valence-electron chi connectivity index (χ1n) is 7.73. The molecular formula is C17H27NO3. The zero-order chi connectivity index (χ0) is 15.2. The number of methoxy groups -OCH3 is 1. The molecule has 2 N–H and O–H groups in total. The maximum atomic E-state index is 6.34. The SMILES string of the molecule is COc1ccc2c(c1)CCC(OCCOCC(C)C)C2N. The fourth-order valence-corrected chi connectivity index (χ4v) is 2.69. The number of ether oxygens (including phenoxy) is 3. The van der Waals surface area contributed by atoms with Crippen LogP contribution in [-0.4, -0.2) is 33.0 Å². The van der Waals surface area contributed by atoms with Crippen LogP contribution in [-0.2, 0) is 15.9 Å². The van der Waals surface area contributed by atoms with Gasteiger partial charge < -0.3 is 19.9 Å². The Balaban J connectivity index is 1.84. The summed E-state index contributed by atoms with van der Waals surface area (Å²) in [6.07, 6.45) is 2.01. The highest BCUT2D eigenvalue weighted by Gasteiger charge is 2.27. The van der Waals surface area contributed by atoms with Gasteiger partial charge in [-0.05, 0) is 42.0 Å². The highest BCUT2D eigenvalue weighted by molar-refractivity contribution is 5.39. The molecule has 0 saturated carbocycles. The summed E-state index contributed by atoms with van der Waals surface area (Å²) >= 11 is 0. The third kappa shape index (κ3) is 4.43. The van der Waals surface area contributed by atoms with Crippen molar-refractivity contribution < 1.29 is 14.2 Å². The molecule has 0 aliphatic heterocycles. The van der Waals surface area contributed by atoms with Crippen LogP contribution in [0.3, 0.4) is 0 Å². The van der Waals surface area contributed by atoms with E-state index in [-0.39, 0.29) is 12.1 Å². The Morgan fingerprint density at radius 1 is 1.29 bits per heavy atom. The first-order valence-corrected chi connectivity index (χ1v) is 7.73. The molecule has 4 heteroatoms. The Kier molecular flexibility index (Phi) is 6.03. The first-order chi connectivity index (χ1) is 10.1. The van der Waals surface area contributed by atoms with Gasteiger partial charge in [0.1, 0.15) is 5.75 Å². The normalized spacial score (nSPS) is 21.4. The molecule has 21 heavy (non-hydrogen) atoms. The van der Waals surface area contributed by atoms with Gasteiger partial charge in [0.15, 0.2) is 0 Å². The number of benzene rings is 1. The Morgan fingerprint density at radius 3 is 2.81 bits per heavy atom. The van der Waals surface area contributed by atoms with E-state index in [0.717, 1.165) is 25.2 Å². The van der Waals surface area contributed by atoms with E-state index >= 15 is 0 Å². The minimum Gasteiger partial charge on any atom is -0.497 e. The summed E-state index contributed by atoms with van der Waals surface area (Å²) in [5.41, 5.74) is 8.79. The first kappa shape index (κ1) is 16.3. The van der Waals surface area contributed by atoms with Crippen molar-refractivity contribution in [3.8, 4) is 5.75 Å². The van der Waals surface area contributed by atoms with Crippen LogP contribution in [0.5, 0.6) is 5.75 Å². The Hall–Kier alpha value is -1.10. The molecule has 0 bridgehead atoms. The largest absolute Gasteiger partial charge is 0.497 e. The van der Waals surface area contributed by atoms with Crippen LogP contribution >= 0.6 is 0 Å². The lowest BCUT2D eigenvalue weighted by molar-refractivity contribution is -0.0167. The molecule has 118 valence electrons. The van der Waals surface area contributed by atoms with Gasteiger partial charge in [-0.25, -0.2) is 0 Å². The third-order valence-corrected chi connectivity index (χ3v) is 3.82. The molecule has 0 radical (unpaired) electrons. The Morgan fingerprint density at radius 2 is 2.10 bits per heavy atom. The summed E-state index contributed by atoms with van der Waals surface area (Å²) in [6, 6.07) is 6.04. The van der Waals surface area contributed by atoms with Crippen LogP contribution in [0.25, 0.3) is 0 Å². The monoisotopic (exact) mass is 293 g/mol. The highest BCUT2D eigenvalue weighted by Crippen LogP contribution is 2.32. The fraction of sp³-hybridized carbons (Fsp3) is 0.647. The maximum Gasteiger partial charge on any atom is 0.119 e. The van der Waals surface area contributed by atoms with Gasteiger partial charge in [-0.2, -0.15) is 0 Å². The summed E-state index contributed by atoms with van der Waals surface area (Å²) in [5, 5.41) is 0. The van der Waals surface area contributed by atoms with Gasteiger partial charge in [-0.3, -0.25) is 0 Å². The molecule has 1 aromatic rings. The van der Waals surface area contributed by atoms with Crippen molar-refractivity contribution in [1.82, 2.24) is 0 Å². The van der Waals surface area contributed by atoms with Crippen molar-refractivity contribution in [2.45, 2.75) is 38.8 Å². The van der Waals surface area contributed by atoms with E-state index in [1.54, 1.807) is 7.11 Å². The van der Waals surface area contributed by atoms with Gasteiger partial charge in [-0.1, -0.05) is 19.9 Å². The molecule has 2 atom stereocenters. The molecule has 4 nitrogen and oxygen atoms in total. The van der Waals surface area contributed by atoms with Crippen molar-refractivity contribution in [2.75, 3.05) is 26.9 Å². The molecule has 0 fully saturated rings. The van der Waals surface area contributed by atoms with E-state index in [1.807, 2.05) is 6.07 Å². The van der Waals surface area contributed by atoms with Gasteiger partial charge >= 0.3 is 0 Å². The smallest absolute Gasteiger partial charge is 0.119 e. The Labute approximate surface area is 127 Å². The summed E-state index contributed by atoms with van der Waals surface area (Å²) in [6.45, 7) is 6.31. The van der Waals surface area contributed by atoms with E-state index in [9.17, 15) is 0 Å². The van der Waals surface area contributed by atoms with Crippen molar-refractivity contribution >= 4 is 0 Å². The number of fused-ring (bicyclic) bond motifs is 1. The lowest BCUT2D eigenvalue weighted by Crippen LogP contribution is -2.34. The van der Waals surface area contributed by atoms with E-state index in [4.69, 9.17) is 19.9 Å². The molecule has 1 aromatic carbocycles. The van der Waals surface area contributed by atoms with Gasteiger partial charge in [-0.15, -0.1) is 0 Å². The fourth-order valence-electron chi connectivity index (χ4n) is 2.69. The number of rotatable bonds is 7. The van der Waals surface area contributed by atoms with E-state index in [1.165, 1.54) is 11.1 Å². The van der Waals surface area contributed by atoms with Crippen LogP contribution in [0, 0.1) is 5.92 Å². The molecule has 0 saturated heterocycles. The minimum absolute atomic E-state index is 0.0650. The van der Waals surface area contributed by atoms with E-state index < -0.39 is 0 Å². The van der Waals surface area contributed by atoms with E-state index in [0.29, 0.717) is 19.1 Å². The summed E-state index contributed by atoms with van der Waals surface area (Å²) in [4.78, 5) is 0. The van der Waals surface area contributed by atoms with Crippen molar-refractivity contribution in [1.29, 1.82) is 0 Å². The second-order valence-electron chi connectivity index (χ2n) is 6.01. The number of hydrogen-bond acceptors (Lipinski definition) is 4. The predicted molar refractivity (Wildman–Crippen MR) is 83.6 cm³/mol. The summed E-state index contributed by atoms with van der Waals surface area (Å²) in [7, 11) is 1.69. The second-order valence-corrected chi connectivity index (χ2v) is 6.01. The van der Waals surface area contributed by atoms with Crippen LogP contribution in [0.15, 0.2) is 18.2 Å². The molecule has 0 heterocycles. The van der Waals surface area contributed by atoms with Crippen molar-refractivity contribution in [3.05, 3.63) is 29.3 Å². The van der Waals surface area contributed by atoms with Gasteiger partial charge in [0.05, 0.1) is 32.5 Å². The quantitative estimate of drug-likeness (QED) is 0.785. The standard InChI is InChI=1S/C17H27NO3/c1-12(2)11-20-8-9-21-16-7-4-13-10-14(19-3)5-6-15(13)17(16)18/h5-6,10,12,16-17H,4,7-9,11,18H2,1-3H3. The molecule has 2 unspecified atom stereocenters. The average Bonchev–Trinajstić information content (AvgIpc) is 2.48. The molecule has 0 amide bonds. The summed E-state index contributed by atoms with van der Waals surface area (Å²) < 4.78 is 16.7. The van der Waals surface area contributed by atoms with Crippen LogP contribution in [0.2, 0.25) is 0 Å². The molecule has 2 rings (SSSR count). The number of nitrogens with two attached hydrogens (primary N) is 1. The van der Waals surface area contributed by atoms with Gasteiger partial charge in [0.25, 0.3) is 0 Å². The lowest BCUT2D eigenvalue weighted by atomic mass is 9.86. The van der Waals surface area contributed by atoms with Crippen LogP contribution < -0.4 is 10.5 Å². The minimum atomic E-state index is -0.0650. The topological polar surface area (TPSA) is 53.7 Å². The van der Waals surface area contributed by atoms with Crippen LogP contribution in [0.4, 0.5) is 0 Å². The van der Waals surface area contributed by atoms with Gasteiger partial charge in [0, 0.05) is 6.61 Å². The molecule has 1 aliphatic carbocycles. The zero-order valence-corrected chi connectivity index (χ0v) is 13.3. The number of hydrogen-bond donors (Lipinski definition) is 1. The lowest BCUT2D eigenvalue weighted by Gasteiger charge is -2.31. The molecule has 1 aliphatic rings. The van der Waals surface area contributed by atoms with Crippen molar-refractivity contribution in [3.63, 3.8) is 0 Å². The average molecular weight is 293 g/mol. The molecule has 0 spiro atoms. The predicted octanol–water partition coefficient (Wildman–Crippen LogP) is 2.70. The van der Waals surface area contributed by atoms with E-state index in [2.05, 4.69) is 26.0 Å². The van der Waals surface area contributed by atoms with Crippen LogP contribution in [0.1, 0.15) is 37.4 Å². The third-order valence-electron chi connectivity index (χ3n) is 3.82. The maximum absolute atomic E-state index is 6.34. The molecule has 0 aromatic heterocycles. The van der Waals surface area contributed by atoms with Gasteiger partial charge in [0.2, 0.25) is 0 Å². The Bertz CT molecular complexity index is 448.